The molecule has 3 rings (SSSR count). The number of amides is 3. The van der Waals surface area contributed by atoms with Gasteiger partial charge in [-0.3, -0.25) is 4.79 Å². The summed E-state index contributed by atoms with van der Waals surface area (Å²) in [5.41, 5.74) is 0.623. The topological polar surface area (TPSA) is 52.7 Å². The van der Waals surface area contributed by atoms with Crippen molar-refractivity contribution in [2.75, 3.05) is 32.7 Å². The third-order valence-electron chi connectivity index (χ3n) is 5.27. The highest BCUT2D eigenvalue weighted by molar-refractivity contribution is 5.94. The molecular formula is C22H25F2N3O2. The van der Waals surface area contributed by atoms with Gasteiger partial charge in [0.25, 0.3) is 5.91 Å². The van der Waals surface area contributed by atoms with Gasteiger partial charge >= 0.3 is 6.03 Å². The average molecular weight is 401 g/mol. The van der Waals surface area contributed by atoms with Crippen molar-refractivity contribution < 1.29 is 18.4 Å². The van der Waals surface area contributed by atoms with E-state index in [1.165, 1.54) is 24.3 Å². The quantitative estimate of drug-likeness (QED) is 0.854. The minimum Gasteiger partial charge on any atom is -0.337 e. The molecule has 0 aliphatic carbocycles. The van der Waals surface area contributed by atoms with E-state index in [9.17, 15) is 18.4 Å². The van der Waals surface area contributed by atoms with Gasteiger partial charge in [-0.05, 0) is 29.8 Å². The number of rotatable bonds is 4. The van der Waals surface area contributed by atoms with E-state index in [1.807, 2.05) is 13.8 Å². The van der Waals surface area contributed by atoms with Crippen LogP contribution in [0.5, 0.6) is 0 Å². The lowest BCUT2D eigenvalue weighted by Gasteiger charge is -2.35. The Hall–Kier alpha value is -2.96. The van der Waals surface area contributed by atoms with Gasteiger partial charge in [0.05, 0.1) is 5.56 Å². The molecule has 0 saturated carbocycles. The lowest BCUT2D eigenvalue weighted by Crippen LogP contribution is -2.54. The fraction of sp³-hybridized carbons (Fsp3) is 0.364. The van der Waals surface area contributed by atoms with Crippen LogP contribution in [-0.2, 0) is 5.41 Å². The zero-order chi connectivity index (χ0) is 21.0. The molecule has 29 heavy (non-hydrogen) atoms. The first-order valence-corrected chi connectivity index (χ1v) is 9.60. The summed E-state index contributed by atoms with van der Waals surface area (Å²) in [6.07, 6.45) is 0. The molecule has 1 aliphatic heterocycles. The highest BCUT2D eigenvalue weighted by atomic mass is 19.1. The Morgan fingerprint density at radius 1 is 0.931 bits per heavy atom. The molecule has 1 aliphatic rings. The number of carbonyl (C=O) groups excluding carboxylic acids is 2. The molecule has 2 aromatic rings. The van der Waals surface area contributed by atoms with Gasteiger partial charge in [0, 0.05) is 38.1 Å². The molecule has 154 valence electrons. The number of halogens is 2. The zero-order valence-electron chi connectivity index (χ0n) is 16.6. The maximum Gasteiger partial charge on any atom is 0.317 e. The highest BCUT2D eigenvalue weighted by Crippen LogP contribution is 2.22. The lowest BCUT2D eigenvalue weighted by molar-refractivity contribution is 0.0660. The summed E-state index contributed by atoms with van der Waals surface area (Å²) >= 11 is 0. The van der Waals surface area contributed by atoms with E-state index in [1.54, 1.807) is 34.1 Å². The molecule has 2 aromatic carbocycles. The number of carbonyl (C=O) groups is 2. The summed E-state index contributed by atoms with van der Waals surface area (Å²) in [7, 11) is 0. The average Bonchev–Trinajstić information content (AvgIpc) is 2.72. The normalized spacial score (nSPS) is 14.6. The van der Waals surface area contributed by atoms with Gasteiger partial charge in [0.15, 0.2) is 0 Å². The molecule has 0 atom stereocenters. The second kappa shape index (κ2) is 8.59. The van der Waals surface area contributed by atoms with Gasteiger partial charge in [-0.15, -0.1) is 0 Å². The molecule has 1 heterocycles. The second-order valence-electron chi connectivity index (χ2n) is 7.81. The number of hydrogen-bond acceptors (Lipinski definition) is 2. The first-order valence-electron chi connectivity index (χ1n) is 9.60. The molecule has 0 spiro atoms. The molecule has 0 radical (unpaired) electrons. The summed E-state index contributed by atoms with van der Waals surface area (Å²) in [6, 6.07) is 11.9. The Morgan fingerprint density at radius 3 is 2.14 bits per heavy atom. The smallest absolute Gasteiger partial charge is 0.317 e. The predicted molar refractivity (Wildman–Crippen MR) is 107 cm³/mol. The van der Waals surface area contributed by atoms with Crippen LogP contribution >= 0.6 is 0 Å². The Morgan fingerprint density at radius 2 is 1.52 bits per heavy atom. The van der Waals surface area contributed by atoms with Gasteiger partial charge < -0.3 is 15.1 Å². The molecule has 0 unspecified atom stereocenters. The molecule has 5 nitrogen and oxygen atoms in total. The minimum absolute atomic E-state index is 0.0476. The van der Waals surface area contributed by atoms with Crippen molar-refractivity contribution in [2.45, 2.75) is 19.3 Å². The SMILES string of the molecule is CC(C)(CNC(=O)N1CCN(C(=O)c2ccccc2F)CC1)c1ccc(F)cc1. The fourth-order valence-corrected chi connectivity index (χ4v) is 3.33. The standard InChI is InChI=1S/C22H25F2N3O2/c1-22(2,16-7-9-17(23)10-8-16)15-25-21(29)27-13-11-26(12-14-27)20(28)18-5-3-4-6-19(18)24/h3-10H,11-15H2,1-2H3,(H,25,29). The van der Waals surface area contributed by atoms with E-state index >= 15 is 0 Å². The van der Waals surface area contributed by atoms with E-state index in [0.29, 0.717) is 32.7 Å². The van der Waals surface area contributed by atoms with Gasteiger partial charge in [-0.2, -0.15) is 0 Å². The number of hydrogen-bond donors (Lipinski definition) is 1. The van der Waals surface area contributed by atoms with Crippen LogP contribution in [0.25, 0.3) is 0 Å². The first-order chi connectivity index (χ1) is 13.8. The number of nitrogens with one attached hydrogen (secondary N) is 1. The number of urea groups is 1. The van der Waals surface area contributed by atoms with Gasteiger partial charge in [0.2, 0.25) is 0 Å². The molecule has 7 heteroatoms. The van der Waals surface area contributed by atoms with Crippen molar-refractivity contribution >= 4 is 11.9 Å². The molecular weight excluding hydrogens is 376 g/mol. The third kappa shape index (κ3) is 4.91. The van der Waals surface area contributed by atoms with Gasteiger partial charge in [-0.1, -0.05) is 38.1 Å². The minimum atomic E-state index is -0.541. The second-order valence-corrected chi connectivity index (χ2v) is 7.81. The van der Waals surface area contributed by atoms with Crippen LogP contribution in [0.2, 0.25) is 0 Å². The molecule has 1 saturated heterocycles. The number of piperazine rings is 1. The maximum atomic E-state index is 13.8. The Bertz CT molecular complexity index is 876. The monoisotopic (exact) mass is 401 g/mol. The van der Waals surface area contributed by atoms with E-state index < -0.39 is 5.82 Å². The highest BCUT2D eigenvalue weighted by Gasteiger charge is 2.27. The largest absolute Gasteiger partial charge is 0.337 e. The maximum absolute atomic E-state index is 13.8. The van der Waals surface area contributed by atoms with Crippen molar-refractivity contribution in [3.8, 4) is 0 Å². The summed E-state index contributed by atoms with van der Waals surface area (Å²) in [6.45, 7) is 5.80. The van der Waals surface area contributed by atoms with Crippen molar-refractivity contribution in [1.29, 1.82) is 0 Å². The summed E-state index contributed by atoms with van der Waals surface area (Å²) in [5.74, 6) is -1.20. The van der Waals surface area contributed by atoms with Crippen LogP contribution in [0, 0.1) is 11.6 Å². The van der Waals surface area contributed by atoms with Crippen molar-refractivity contribution in [3.05, 3.63) is 71.3 Å². The molecule has 0 aromatic heterocycles. The molecule has 1 fully saturated rings. The van der Waals surface area contributed by atoms with E-state index in [-0.39, 0.29) is 28.7 Å². The summed E-state index contributed by atoms with van der Waals surface area (Å²) in [4.78, 5) is 28.2. The van der Waals surface area contributed by atoms with Crippen LogP contribution in [0.1, 0.15) is 29.8 Å². The molecule has 1 N–H and O–H groups in total. The fourth-order valence-electron chi connectivity index (χ4n) is 3.33. The van der Waals surface area contributed by atoms with E-state index in [0.717, 1.165) is 5.56 Å². The van der Waals surface area contributed by atoms with Gasteiger partial charge in [-0.25, -0.2) is 13.6 Å². The van der Waals surface area contributed by atoms with Crippen molar-refractivity contribution in [3.63, 3.8) is 0 Å². The van der Waals surface area contributed by atoms with Crippen LogP contribution in [0.4, 0.5) is 13.6 Å². The first kappa shape index (κ1) is 20.8. The van der Waals surface area contributed by atoms with Crippen molar-refractivity contribution in [1.82, 2.24) is 15.1 Å². The van der Waals surface area contributed by atoms with Crippen LogP contribution in [0.15, 0.2) is 48.5 Å². The summed E-state index contributed by atoms with van der Waals surface area (Å²) in [5, 5.41) is 2.92. The van der Waals surface area contributed by atoms with E-state index in [4.69, 9.17) is 0 Å². The Balaban J connectivity index is 1.52. The van der Waals surface area contributed by atoms with Gasteiger partial charge in [0.1, 0.15) is 11.6 Å². The van der Waals surface area contributed by atoms with Crippen LogP contribution in [-0.4, -0.2) is 54.5 Å². The third-order valence-corrected chi connectivity index (χ3v) is 5.27. The van der Waals surface area contributed by atoms with Crippen LogP contribution < -0.4 is 5.32 Å². The zero-order valence-corrected chi connectivity index (χ0v) is 16.6. The summed E-state index contributed by atoms with van der Waals surface area (Å²) < 4.78 is 27.0. The molecule has 3 amide bonds. The Kier molecular flexibility index (Phi) is 6.15. The number of nitrogens with zero attached hydrogens (tertiary/aromatic N) is 2. The number of benzene rings is 2. The van der Waals surface area contributed by atoms with Crippen LogP contribution in [0.3, 0.4) is 0 Å². The van der Waals surface area contributed by atoms with Crippen molar-refractivity contribution in [2.24, 2.45) is 0 Å². The predicted octanol–water partition coefficient (Wildman–Crippen LogP) is 3.41. The lowest BCUT2D eigenvalue weighted by atomic mass is 9.84. The Labute approximate surface area is 169 Å². The molecule has 0 bridgehead atoms. The van der Waals surface area contributed by atoms with E-state index in [2.05, 4.69) is 5.32 Å².